The number of carbonyl (C=O) groups excluding carboxylic acids is 2. The molecule has 1 rings (SSSR count). The van der Waals surface area contributed by atoms with Gasteiger partial charge in [0, 0.05) is 0 Å². The summed E-state index contributed by atoms with van der Waals surface area (Å²) in [7, 11) is 0. The summed E-state index contributed by atoms with van der Waals surface area (Å²) in [4.78, 5) is 22.1. The van der Waals surface area contributed by atoms with Crippen LogP contribution in [-0.2, 0) is 25.7 Å². The SMILES string of the molecule is CCOC(=O)C(F)(F)C(=O)COCc1ccccc1. The van der Waals surface area contributed by atoms with Crippen molar-refractivity contribution in [1.82, 2.24) is 0 Å². The van der Waals surface area contributed by atoms with Crippen LogP contribution < -0.4 is 0 Å². The molecule has 0 fully saturated rings. The van der Waals surface area contributed by atoms with Crippen LogP contribution in [0.25, 0.3) is 0 Å². The fourth-order valence-corrected chi connectivity index (χ4v) is 1.26. The zero-order chi connectivity index (χ0) is 14.3. The monoisotopic (exact) mass is 272 g/mol. The summed E-state index contributed by atoms with van der Waals surface area (Å²) in [6.45, 7) is 0.336. The molecule has 0 saturated heterocycles. The Hall–Kier alpha value is -1.82. The van der Waals surface area contributed by atoms with Crippen LogP contribution in [0.15, 0.2) is 30.3 Å². The third kappa shape index (κ3) is 4.40. The van der Waals surface area contributed by atoms with Gasteiger partial charge in [0.1, 0.15) is 6.61 Å². The van der Waals surface area contributed by atoms with Gasteiger partial charge in [0.05, 0.1) is 13.2 Å². The van der Waals surface area contributed by atoms with Gasteiger partial charge in [-0.15, -0.1) is 0 Å². The van der Waals surface area contributed by atoms with Crippen molar-refractivity contribution in [3.8, 4) is 0 Å². The lowest BCUT2D eigenvalue weighted by atomic mass is 10.2. The molecule has 0 aliphatic carbocycles. The molecule has 4 nitrogen and oxygen atoms in total. The summed E-state index contributed by atoms with van der Waals surface area (Å²) in [5.41, 5.74) is 0.745. The normalized spacial score (nSPS) is 11.1. The van der Waals surface area contributed by atoms with Crippen molar-refractivity contribution < 1.29 is 27.8 Å². The molecule has 0 spiro atoms. The quantitative estimate of drug-likeness (QED) is 0.562. The minimum absolute atomic E-state index is 0.0193. The van der Waals surface area contributed by atoms with E-state index in [2.05, 4.69) is 4.74 Å². The topological polar surface area (TPSA) is 52.6 Å². The van der Waals surface area contributed by atoms with Crippen LogP contribution >= 0.6 is 0 Å². The van der Waals surface area contributed by atoms with Crippen LogP contribution in [0.5, 0.6) is 0 Å². The van der Waals surface area contributed by atoms with Crippen molar-refractivity contribution in [3.63, 3.8) is 0 Å². The highest BCUT2D eigenvalue weighted by Gasteiger charge is 2.48. The molecule has 0 radical (unpaired) electrons. The molecule has 1 aromatic rings. The lowest BCUT2D eigenvalue weighted by Gasteiger charge is -2.13. The number of hydrogen-bond acceptors (Lipinski definition) is 4. The summed E-state index contributed by atoms with van der Waals surface area (Å²) in [6.07, 6.45) is 0. The molecule has 0 aliphatic heterocycles. The predicted octanol–water partition coefficient (Wildman–Crippen LogP) is 1.97. The van der Waals surface area contributed by atoms with E-state index in [-0.39, 0.29) is 13.2 Å². The van der Waals surface area contributed by atoms with Crippen molar-refractivity contribution >= 4 is 11.8 Å². The van der Waals surface area contributed by atoms with Crippen molar-refractivity contribution in [2.45, 2.75) is 19.5 Å². The Morgan fingerprint density at radius 1 is 1.21 bits per heavy atom. The first-order valence-electron chi connectivity index (χ1n) is 5.68. The molecule has 0 bridgehead atoms. The third-order valence-electron chi connectivity index (χ3n) is 2.23. The highest BCUT2D eigenvalue weighted by atomic mass is 19.3. The van der Waals surface area contributed by atoms with Crippen LogP contribution in [0.4, 0.5) is 8.78 Å². The van der Waals surface area contributed by atoms with E-state index in [4.69, 9.17) is 4.74 Å². The average Bonchev–Trinajstić information content (AvgIpc) is 2.40. The van der Waals surface area contributed by atoms with Gasteiger partial charge in [0.15, 0.2) is 0 Å². The molecule has 6 heteroatoms. The number of ketones is 1. The Balaban J connectivity index is 2.44. The lowest BCUT2D eigenvalue weighted by Crippen LogP contribution is -2.41. The summed E-state index contributed by atoms with van der Waals surface area (Å²) in [5, 5.41) is 0. The Labute approximate surface area is 109 Å². The molecule has 0 heterocycles. The standard InChI is InChI=1S/C13H14F2O4/c1-2-19-12(17)13(14,15)11(16)9-18-8-10-6-4-3-5-7-10/h3-7H,2,8-9H2,1H3. The number of rotatable bonds is 7. The highest BCUT2D eigenvalue weighted by molar-refractivity contribution is 6.05. The Bertz CT molecular complexity index is 432. The number of ether oxygens (including phenoxy) is 2. The number of halogens is 2. The maximum Gasteiger partial charge on any atom is 0.402 e. The van der Waals surface area contributed by atoms with E-state index in [0.717, 1.165) is 5.56 Å². The minimum Gasteiger partial charge on any atom is -0.461 e. The van der Waals surface area contributed by atoms with Crippen molar-refractivity contribution in [3.05, 3.63) is 35.9 Å². The first-order chi connectivity index (χ1) is 8.98. The Morgan fingerprint density at radius 3 is 2.42 bits per heavy atom. The largest absolute Gasteiger partial charge is 0.461 e. The number of Topliss-reactive ketones (excluding diaryl/α,β-unsaturated/α-hetero) is 1. The molecule has 104 valence electrons. The minimum atomic E-state index is -4.16. The second-order valence-electron chi connectivity index (χ2n) is 3.70. The van der Waals surface area contributed by atoms with Crippen LogP contribution in [-0.4, -0.2) is 30.9 Å². The highest BCUT2D eigenvalue weighted by Crippen LogP contribution is 2.17. The molecule has 0 unspecified atom stereocenters. The van der Waals surface area contributed by atoms with Crippen molar-refractivity contribution in [2.24, 2.45) is 0 Å². The third-order valence-corrected chi connectivity index (χ3v) is 2.23. The average molecular weight is 272 g/mol. The van der Waals surface area contributed by atoms with E-state index in [9.17, 15) is 18.4 Å². The van der Waals surface area contributed by atoms with E-state index < -0.39 is 24.3 Å². The second-order valence-corrected chi connectivity index (χ2v) is 3.70. The van der Waals surface area contributed by atoms with Gasteiger partial charge in [-0.25, -0.2) is 4.79 Å². The van der Waals surface area contributed by atoms with Gasteiger partial charge in [-0.1, -0.05) is 30.3 Å². The lowest BCUT2D eigenvalue weighted by molar-refractivity contribution is -0.178. The molecule has 1 aromatic carbocycles. The van der Waals surface area contributed by atoms with Crippen LogP contribution in [0, 0.1) is 0 Å². The summed E-state index contributed by atoms with van der Waals surface area (Å²) < 4.78 is 35.4. The fraction of sp³-hybridized carbons (Fsp3) is 0.385. The van der Waals surface area contributed by atoms with Crippen LogP contribution in [0.2, 0.25) is 0 Å². The summed E-state index contributed by atoms with van der Waals surface area (Å²) >= 11 is 0. The first-order valence-corrected chi connectivity index (χ1v) is 5.68. The molecule has 0 aliphatic rings. The van der Waals surface area contributed by atoms with Gasteiger partial charge in [0.25, 0.3) is 0 Å². The van der Waals surface area contributed by atoms with Crippen LogP contribution in [0.1, 0.15) is 12.5 Å². The zero-order valence-electron chi connectivity index (χ0n) is 10.4. The van der Waals surface area contributed by atoms with E-state index in [1.54, 1.807) is 30.3 Å². The van der Waals surface area contributed by atoms with E-state index in [0.29, 0.717) is 0 Å². The van der Waals surface area contributed by atoms with Gasteiger partial charge in [-0.2, -0.15) is 8.78 Å². The second kappa shape index (κ2) is 6.94. The van der Waals surface area contributed by atoms with Gasteiger partial charge in [-0.3, -0.25) is 4.79 Å². The Kier molecular flexibility index (Phi) is 5.57. The number of alkyl halides is 2. The molecule has 0 atom stereocenters. The molecule has 0 amide bonds. The number of carbonyl (C=O) groups is 2. The van der Waals surface area contributed by atoms with Gasteiger partial charge in [-0.05, 0) is 12.5 Å². The van der Waals surface area contributed by atoms with Gasteiger partial charge in [0.2, 0.25) is 5.78 Å². The van der Waals surface area contributed by atoms with Gasteiger partial charge >= 0.3 is 11.9 Å². The molecule has 19 heavy (non-hydrogen) atoms. The summed E-state index contributed by atoms with van der Waals surface area (Å²) in [6, 6.07) is 8.77. The van der Waals surface area contributed by atoms with Gasteiger partial charge < -0.3 is 9.47 Å². The van der Waals surface area contributed by atoms with Crippen molar-refractivity contribution in [2.75, 3.05) is 13.2 Å². The Morgan fingerprint density at radius 2 is 1.84 bits per heavy atom. The number of hydrogen-bond donors (Lipinski definition) is 0. The smallest absolute Gasteiger partial charge is 0.402 e. The summed E-state index contributed by atoms with van der Waals surface area (Å²) in [5.74, 6) is -7.61. The first kappa shape index (κ1) is 15.2. The molecular weight excluding hydrogens is 258 g/mol. The molecule has 0 saturated carbocycles. The fourth-order valence-electron chi connectivity index (χ4n) is 1.26. The molecular formula is C13H14F2O4. The van der Waals surface area contributed by atoms with E-state index in [1.807, 2.05) is 0 Å². The van der Waals surface area contributed by atoms with Crippen LogP contribution in [0.3, 0.4) is 0 Å². The predicted molar refractivity (Wildman–Crippen MR) is 62.7 cm³/mol. The maximum atomic E-state index is 13.2. The molecule has 0 N–H and O–H groups in total. The van der Waals surface area contributed by atoms with E-state index >= 15 is 0 Å². The number of benzene rings is 1. The zero-order valence-corrected chi connectivity index (χ0v) is 10.4. The van der Waals surface area contributed by atoms with E-state index in [1.165, 1.54) is 6.92 Å². The van der Waals surface area contributed by atoms with Crippen molar-refractivity contribution in [1.29, 1.82) is 0 Å². The molecule has 0 aromatic heterocycles. The maximum absolute atomic E-state index is 13.2. The number of esters is 1.